The van der Waals surface area contributed by atoms with Crippen molar-refractivity contribution in [3.05, 3.63) is 164 Å². The van der Waals surface area contributed by atoms with E-state index in [4.69, 9.17) is 9.97 Å². The summed E-state index contributed by atoms with van der Waals surface area (Å²) in [4.78, 5) is 10.1. The highest BCUT2D eigenvalue weighted by molar-refractivity contribution is 7.26. The minimum absolute atomic E-state index is 0.711. The molecule has 0 aliphatic carbocycles. The number of benzene rings is 6. The molecular formula is C42H27N3S. The second-order valence-corrected chi connectivity index (χ2v) is 12.5. The largest absolute Gasteiger partial charge is 0.308 e. The van der Waals surface area contributed by atoms with Crippen LogP contribution in [0.15, 0.2) is 164 Å². The molecule has 3 heterocycles. The van der Waals surface area contributed by atoms with Gasteiger partial charge in [0.05, 0.1) is 27.1 Å². The molecule has 6 aromatic carbocycles. The van der Waals surface area contributed by atoms with Crippen LogP contribution in [0.3, 0.4) is 0 Å². The molecule has 0 saturated carbocycles. The van der Waals surface area contributed by atoms with Gasteiger partial charge in [-0.3, -0.25) is 0 Å². The Bertz CT molecular complexity index is 2460. The summed E-state index contributed by atoms with van der Waals surface area (Å²) < 4.78 is 5.05. The summed E-state index contributed by atoms with van der Waals surface area (Å²) in [5.41, 5.74) is 10.9. The number of rotatable bonds is 5. The summed E-state index contributed by atoms with van der Waals surface area (Å²) in [5.74, 6) is 0.711. The lowest BCUT2D eigenvalue weighted by molar-refractivity contribution is 1.18. The average Bonchev–Trinajstić information content (AvgIpc) is 3.67. The van der Waals surface area contributed by atoms with Crippen molar-refractivity contribution < 1.29 is 0 Å². The van der Waals surface area contributed by atoms with Crippen LogP contribution in [-0.2, 0) is 0 Å². The van der Waals surface area contributed by atoms with Gasteiger partial charge < -0.3 is 4.57 Å². The zero-order valence-electron chi connectivity index (χ0n) is 24.8. The van der Waals surface area contributed by atoms with E-state index in [1.807, 2.05) is 47.7 Å². The van der Waals surface area contributed by atoms with Crippen molar-refractivity contribution in [3.8, 4) is 50.7 Å². The normalized spacial score (nSPS) is 11.5. The lowest BCUT2D eigenvalue weighted by Gasteiger charge is -2.11. The van der Waals surface area contributed by atoms with Crippen LogP contribution in [0.4, 0.5) is 0 Å². The Hall–Kier alpha value is -5.84. The van der Waals surface area contributed by atoms with Gasteiger partial charge in [-0.2, -0.15) is 0 Å². The third-order valence-corrected chi connectivity index (χ3v) is 9.80. The van der Waals surface area contributed by atoms with E-state index in [0.29, 0.717) is 5.82 Å². The second kappa shape index (κ2) is 11.0. The topological polar surface area (TPSA) is 30.7 Å². The summed E-state index contributed by atoms with van der Waals surface area (Å²) in [5, 5.41) is 2.56. The fourth-order valence-electron chi connectivity index (χ4n) is 6.42. The highest BCUT2D eigenvalue weighted by Crippen LogP contribution is 2.43. The molecule has 0 N–H and O–H groups in total. The number of hydrogen-bond acceptors (Lipinski definition) is 3. The van der Waals surface area contributed by atoms with Crippen LogP contribution in [0, 0.1) is 0 Å². The van der Waals surface area contributed by atoms with E-state index >= 15 is 0 Å². The van der Waals surface area contributed by atoms with Gasteiger partial charge in [0, 0.05) is 37.9 Å². The van der Waals surface area contributed by atoms with Gasteiger partial charge in [-0.1, -0.05) is 127 Å². The van der Waals surface area contributed by atoms with Crippen LogP contribution in [0.2, 0.25) is 0 Å². The van der Waals surface area contributed by atoms with Crippen molar-refractivity contribution in [3.63, 3.8) is 0 Å². The number of hydrogen-bond donors (Lipinski definition) is 0. The number of nitrogens with zero attached hydrogens (tertiary/aromatic N) is 3. The first kappa shape index (κ1) is 26.6. The summed E-state index contributed by atoms with van der Waals surface area (Å²) in [6.07, 6.45) is 0. The van der Waals surface area contributed by atoms with E-state index in [0.717, 1.165) is 44.9 Å². The van der Waals surface area contributed by atoms with Gasteiger partial charge in [0.15, 0.2) is 5.82 Å². The van der Waals surface area contributed by atoms with Gasteiger partial charge >= 0.3 is 0 Å². The molecule has 0 saturated heterocycles. The van der Waals surface area contributed by atoms with Crippen LogP contribution in [0.25, 0.3) is 81.9 Å². The van der Waals surface area contributed by atoms with Crippen LogP contribution in [0.1, 0.15) is 0 Å². The standard InChI is InChI=1S/C42H27N3S/c1-4-13-28(14-5-1)36-27-37(29-15-6-2-7-16-29)44-42(43-36)32-18-12-17-30(25-32)31-23-24-34-38(26-31)45(33-19-8-3-9-20-33)40-35-21-10-11-22-39(35)46-41(34)40/h1-27H. The molecule has 0 aliphatic heterocycles. The first-order chi connectivity index (χ1) is 22.8. The predicted molar refractivity (Wildman–Crippen MR) is 193 cm³/mol. The van der Waals surface area contributed by atoms with E-state index in [9.17, 15) is 0 Å². The molecule has 3 nitrogen and oxygen atoms in total. The Balaban J connectivity index is 1.22. The number of fused-ring (bicyclic) bond motifs is 5. The molecule has 4 heteroatoms. The van der Waals surface area contributed by atoms with Crippen molar-refractivity contribution in [2.75, 3.05) is 0 Å². The maximum absolute atomic E-state index is 5.07. The van der Waals surface area contributed by atoms with Crippen molar-refractivity contribution >= 4 is 42.5 Å². The van der Waals surface area contributed by atoms with E-state index in [1.165, 1.54) is 31.2 Å². The number of aromatic nitrogens is 3. The zero-order chi connectivity index (χ0) is 30.5. The van der Waals surface area contributed by atoms with Crippen LogP contribution in [0.5, 0.6) is 0 Å². The van der Waals surface area contributed by atoms with Crippen LogP contribution >= 0.6 is 11.3 Å². The maximum atomic E-state index is 5.07. The van der Waals surface area contributed by atoms with E-state index in [1.54, 1.807) is 0 Å². The Kier molecular flexibility index (Phi) is 6.32. The van der Waals surface area contributed by atoms with Crippen molar-refractivity contribution in [1.82, 2.24) is 14.5 Å². The molecular weight excluding hydrogens is 579 g/mol. The predicted octanol–water partition coefficient (Wildman–Crippen LogP) is 11.5. The zero-order valence-corrected chi connectivity index (χ0v) is 25.7. The highest BCUT2D eigenvalue weighted by atomic mass is 32.1. The van der Waals surface area contributed by atoms with Gasteiger partial charge in [0.2, 0.25) is 0 Å². The minimum Gasteiger partial charge on any atom is -0.308 e. The van der Waals surface area contributed by atoms with E-state index in [2.05, 4.69) is 132 Å². The van der Waals surface area contributed by atoms with Gasteiger partial charge in [0.25, 0.3) is 0 Å². The molecule has 0 spiro atoms. The Morgan fingerprint density at radius 2 is 1.02 bits per heavy atom. The molecule has 9 aromatic rings. The summed E-state index contributed by atoms with van der Waals surface area (Å²) in [6.45, 7) is 0. The quantitative estimate of drug-likeness (QED) is 0.195. The molecule has 0 fully saturated rings. The van der Waals surface area contributed by atoms with Gasteiger partial charge in [-0.25, -0.2) is 9.97 Å². The Labute approximate surface area is 270 Å². The van der Waals surface area contributed by atoms with E-state index < -0.39 is 0 Å². The van der Waals surface area contributed by atoms with Crippen molar-refractivity contribution in [2.24, 2.45) is 0 Å². The number of para-hydroxylation sites is 1. The molecule has 0 unspecified atom stereocenters. The summed E-state index contributed by atoms with van der Waals surface area (Å²) in [7, 11) is 0. The van der Waals surface area contributed by atoms with Crippen molar-refractivity contribution in [2.45, 2.75) is 0 Å². The molecule has 0 atom stereocenters. The third kappa shape index (κ3) is 4.50. The Morgan fingerprint density at radius 3 is 1.74 bits per heavy atom. The fourth-order valence-corrected chi connectivity index (χ4v) is 7.64. The maximum Gasteiger partial charge on any atom is 0.160 e. The lowest BCUT2D eigenvalue weighted by Crippen LogP contribution is -1.96. The third-order valence-electron chi connectivity index (χ3n) is 8.61. The summed E-state index contributed by atoms with van der Waals surface area (Å²) in [6, 6.07) is 57.6. The van der Waals surface area contributed by atoms with Gasteiger partial charge in [0.1, 0.15) is 0 Å². The molecule has 216 valence electrons. The minimum atomic E-state index is 0.711. The monoisotopic (exact) mass is 605 g/mol. The molecule has 0 amide bonds. The molecule has 0 bridgehead atoms. The molecule has 9 rings (SSSR count). The molecule has 0 aliphatic rings. The van der Waals surface area contributed by atoms with Gasteiger partial charge in [-0.05, 0) is 47.5 Å². The molecule has 46 heavy (non-hydrogen) atoms. The smallest absolute Gasteiger partial charge is 0.160 e. The first-order valence-corrected chi connectivity index (χ1v) is 16.2. The van der Waals surface area contributed by atoms with Gasteiger partial charge in [-0.15, -0.1) is 11.3 Å². The Morgan fingerprint density at radius 1 is 0.435 bits per heavy atom. The number of thiophene rings is 1. The average molecular weight is 606 g/mol. The van der Waals surface area contributed by atoms with Crippen molar-refractivity contribution in [1.29, 1.82) is 0 Å². The highest BCUT2D eigenvalue weighted by Gasteiger charge is 2.18. The summed E-state index contributed by atoms with van der Waals surface area (Å²) >= 11 is 1.87. The first-order valence-electron chi connectivity index (χ1n) is 15.4. The lowest BCUT2D eigenvalue weighted by atomic mass is 10.0. The second-order valence-electron chi connectivity index (χ2n) is 11.5. The SMILES string of the molecule is c1ccc(-c2cc(-c3ccccc3)nc(-c3cccc(-c4ccc5c6sc7ccccc7c6n(-c6ccccc6)c5c4)c3)n2)cc1. The van der Waals surface area contributed by atoms with E-state index in [-0.39, 0.29) is 0 Å². The van der Waals surface area contributed by atoms with Crippen LogP contribution in [-0.4, -0.2) is 14.5 Å². The molecule has 3 aromatic heterocycles. The van der Waals surface area contributed by atoms with Crippen LogP contribution < -0.4 is 0 Å². The molecule has 0 radical (unpaired) electrons. The fraction of sp³-hybridized carbons (Fsp3) is 0.